The summed E-state index contributed by atoms with van der Waals surface area (Å²) in [5, 5.41) is 3.78. The van der Waals surface area contributed by atoms with Crippen LogP contribution in [0.5, 0.6) is 0 Å². The molecule has 110 valence electrons. The number of nitrogens with one attached hydrogen (secondary N) is 1. The van der Waals surface area contributed by atoms with E-state index in [2.05, 4.69) is 10.3 Å². The normalized spacial score (nSPS) is 20.6. The molecule has 20 heavy (non-hydrogen) atoms. The summed E-state index contributed by atoms with van der Waals surface area (Å²) in [5.74, 6) is -0.114. The number of thiazole rings is 1. The van der Waals surface area contributed by atoms with Crippen LogP contribution in [0.1, 0.15) is 48.8 Å². The van der Waals surface area contributed by atoms with Crippen molar-refractivity contribution in [2.75, 3.05) is 6.54 Å². The Bertz CT molecular complexity index is 551. The number of hydrogen-bond donors (Lipinski definition) is 1. The molecule has 0 aromatic carbocycles. The van der Waals surface area contributed by atoms with E-state index in [1.807, 2.05) is 20.8 Å². The first kappa shape index (κ1) is 15.0. The van der Waals surface area contributed by atoms with Crippen molar-refractivity contribution in [2.45, 2.75) is 52.6 Å². The predicted octanol–water partition coefficient (Wildman–Crippen LogP) is 1.95. The van der Waals surface area contributed by atoms with Crippen LogP contribution in [0, 0.1) is 13.8 Å². The average Bonchev–Trinajstić information content (AvgIpc) is 2.62. The smallest absolute Gasteiger partial charge is 0.248 e. The third-order valence-corrected chi connectivity index (χ3v) is 4.86. The molecule has 1 aromatic heterocycles. The second kappa shape index (κ2) is 5.16. The van der Waals surface area contributed by atoms with Gasteiger partial charge in [0, 0.05) is 17.8 Å². The van der Waals surface area contributed by atoms with Gasteiger partial charge in [-0.05, 0) is 34.6 Å². The number of nitrogens with zero attached hydrogens (tertiary/aromatic N) is 2. The van der Waals surface area contributed by atoms with Crippen LogP contribution in [0.3, 0.4) is 0 Å². The summed E-state index contributed by atoms with van der Waals surface area (Å²) in [5.41, 5.74) is 0.115. The quantitative estimate of drug-likeness (QED) is 0.907. The zero-order valence-electron chi connectivity index (χ0n) is 12.6. The van der Waals surface area contributed by atoms with Crippen LogP contribution in [-0.2, 0) is 9.59 Å². The van der Waals surface area contributed by atoms with Gasteiger partial charge in [0.1, 0.15) is 5.54 Å². The van der Waals surface area contributed by atoms with Gasteiger partial charge >= 0.3 is 0 Å². The highest BCUT2D eigenvalue weighted by atomic mass is 32.1. The van der Waals surface area contributed by atoms with Crippen LogP contribution in [0.25, 0.3) is 0 Å². The van der Waals surface area contributed by atoms with Gasteiger partial charge in [0.05, 0.1) is 16.7 Å². The Balaban J connectivity index is 2.33. The minimum Gasteiger partial charge on any atom is -0.342 e. The van der Waals surface area contributed by atoms with Gasteiger partial charge in [-0.15, -0.1) is 11.3 Å². The Morgan fingerprint density at radius 3 is 2.55 bits per heavy atom. The van der Waals surface area contributed by atoms with E-state index in [0.29, 0.717) is 13.0 Å². The van der Waals surface area contributed by atoms with Crippen LogP contribution in [-0.4, -0.2) is 33.8 Å². The average molecular weight is 295 g/mol. The fourth-order valence-corrected chi connectivity index (χ4v) is 3.58. The fraction of sp³-hybridized carbons (Fsp3) is 0.643. The van der Waals surface area contributed by atoms with Gasteiger partial charge < -0.3 is 10.2 Å². The minimum atomic E-state index is -0.852. The molecule has 0 bridgehead atoms. The van der Waals surface area contributed by atoms with Gasteiger partial charge in [0.15, 0.2) is 0 Å². The van der Waals surface area contributed by atoms with Crippen molar-refractivity contribution in [3.63, 3.8) is 0 Å². The number of amides is 2. The van der Waals surface area contributed by atoms with Crippen molar-refractivity contribution in [3.05, 3.63) is 15.6 Å². The molecular weight excluding hydrogens is 274 g/mol. The molecule has 1 fully saturated rings. The summed E-state index contributed by atoms with van der Waals surface area (Å²) in [6, 6.07) is -0.0549. The molecule has 0 aliphatic carbocycles. The van der Waals surface area contributed by atoms with Gasteiger partial charge in [0.25, 0.3) is 0 Å². The molecule has 1 atom stereocenters. The Labute approximate surface area is 123 Å². The highest BCUT2D eigenvalue weighted by Gasteiger charge is 2.39. The number of rotatable bonds is 2. The van der Waals surface area contributed by atoms with E-state index in [4.69, 9.17) is 0 Å². The van der Waals surface area contributed by atoms with Crippen molar-refractivity contribution >= 4 is 23.2 Å². The number of aromatic nitrogens is 1. The van der Waals surface area contributed by atoms with Gasteiger partial charge in [-0.2, -0.15) is 0 Å². The Morgan fingerprint density at radius 2 is 2.00 bits per heavy atom. The zero-order valence-corrected chi connectivity index (χ0v) is 13.4. The van der Waals surface area contributed by atoms with Crippen molar-refractivity contribution in [2.24, 2.45) is 0 Å². The van der Waals surface area contributed by atoms with Gasteiger partial charge in [0.2, 0.25) is 11.8 Å². The zero-order chi connectivity index (χ0) is 15.1. The molecule has 1 N–H and O–H groups in total. The van der Waals surface area contributed by atoms with Crippen molar-refractivity contribution in [3.8, 4) is 0 Å². The third-order valence-electron chi connectivity index (χ3n) is 3.61. The number of hydrogen-bond acceptors (Lipinski definition) is 4. The highest BCUT2D eigenvalue weighted by molar-refractivity contribution is 7.11. The molecule has 5 nitrogen and oxygen atoms in total. The summed E-state index contributed by atoms with van der Waals surface area (Å²) < 4.78 is 0. The predicted molar refractivity (Wildman–Crippen MR) is 78.6 cm³/mol. The number of aryl methyl sites for hydroxylation is 2. The van der Waals surface area contributed by atoms with E-state index in [0.717, 1.165) is 15.6 Å². The maximum Gasteiger partial charge on any atom is 0.248 e. The lowest BCUT2D eigenvalue weighted by Gasteiger charge is -2.33. The minimum absolute atomic E-state index is 0.0405. The third kappa shape index (κ3) is 2.70. The molecule has 2 amide bonds. The summed E-state index contributed by atoms with van der Waals surface area (Å²) in [6.45, 7) is 9.89. The van der Waals surface area contributed by atoms with Crippen molar-refractivity contribution in [1.82, 2.24) is 15.2 Å². The van der Waals surface area contributed by atoms with Crippen LogP contribution < -0.4 is 5.32 Å². The topological polar surface area (TPSA) is 62.3 Å². The first-order chi connectivity index (χ1) is 9.22. The van der Waals surface area contributed by atoms with E-state index >= 15 is 0 Å². The highest BCUT2D eigenvalue weighted by Crippen LogP contribution is 2.31. The molecular formula is C14H21N3O2S. The number of carbonyl (C=O) groups excluding carboxylic acids is 2. The fourth-order valence-electron chi connectivity index (χ4n) is 2.59. The van der Waals surface area contributed by atoms with E-state index in [-0.39, 0.29) is 17.9 Å². The first-order valence-corrected chi connectivity index (χ1v) is 7.60. The summed E-state index contributed by atoms with van der Waals surface area (Å²) >= 11 is 1.62. The summed E-state index contributed by atoms with van der Waals surface area (Å²) in [6.07, 6.45) is 0.344. The summed E-state index contributed by atoms with van der Waals surface area (Å²) in [7, 11) is 0. The van der Waals surface area contributed by atoms with Gasteiger partial charge in [-0.1, -0.05) is 0 Å². The lowest BCUT2D eigenvalue weighted by Crippen LogP contribution is -2.53. The van der Waals surface area contributed by atoms with Crippen LogP contribution in [0.2, 0.25) is 0 Å². The van der Waals surface area contributed by atoms with Crippen LogP contribution >= 0.6 is 11.3 Å². The molecule has 6 heteroatoms. The number of carbonyl (C=O) groups is 2. The Hall–Kier alpha value is -1.43. The Kier molecular flexibility index (Phi) is 3.86. The lowest BCUT2D eigenvalue weighted by molar-refractivity contribution is -0.139. The molecule has 0 spiro atoms. The SMILES string of the molecule is Cc1nc(C)c(C(C)N2CCC(=O)NC(C)(C)C2=O)s1. The van der Waals surface area contributed by atoms with E-state index in [9.17, 15) is 9.59 Å². The standard InChI is InChI=1S/C14H21N3O2S/c1-8-12(20-10(3)15-8)9(2)17-7-6-11(18)16-14(4,5)13(17)19/h9H,6-7H2,1-5H3,(H,16,18). The molecule has 1 unspecified atom stereocenters. The van der Waals surface area contributed by atoms with Crippen LogP contribution in [0.4, 0.5) is 0 Å². The molecule has 1 saturated heterocycles. The monoisotopic (exact) mass is 295 g/mol. The van der Waals surface area contributed by atoms with E-state index < -0.39 is 5.54 Å². The van der Waals surface area contributed by atoms with Gasteiger partial charge in [-0.3, -0.25) is 9.59 Å². The summed E-state index contributed by atoms with van der Waals surface area (Å²) in [4.78, 5) is 31.7. The first-order valence-electron chi connectivity index (χ1n) is 6.78. The lowest BCUT2D eigenvalue weighted by atomic mass is 10.0. The van der Waals surface area contributed by atoms with Crippen molar-refractivity contribution in [1.29, 1.82) is 0 Å². The molecule has 0 radical (unpaired) electrons. The maximum absolute atomic E-state index is 12.6. The van der Waals surface area contributed by atoms with Gasteiger partial charge in [-0.25, -0.2) is 4.98 Å². The second-order valence-electron chi connectivity index (χ2n) is 5.78. The maximum atomic E-state index is 12.6. The molecule has 1 aliphatic rings. The molecule has 0 saturated carbocycles. The largest absolute Gasteiger partial charge is 0.342 e. The molecule has 1 aromatic rings. The second-order valence-corrected chi connectivity index (χ2v) is 7.02. The van der Waals surface area contributed by atoms with Crippen LogP contribution in [0.15, 0.2) is 0 Å². The Morgan fingerprint density at radius 1 is 1.35 bits per heavy atom. The van der Waals surface area contributed by atoms with E-state index in [1.54, 1.807) is 30.1 Å². The van der Waals surface area contributed by atoms with Crippen molar-refractivity contribution < 1.29 is 9.59 Å². The molecule has 1 aliphatic heterocycles. The van der Waals surface area contributed by atoms with E-state index in [1.165, 1.54) is 0 Å². The molecule has 2 rings (SSSR count). The molecule has 2 heterocycles.